The van der Waals surface area contributed by atoms with Crippen molar-refractivity contribution in [1.29, 1.82) is 0 Å². The summed E-state index contributed by atoms with van der Waals surface area (Å²) in [6, 6.07) is 20.2. The fraction of sp³-hybridized carbons (Fsp3) is 0.207. The van der Waals surface area contributed by atoms with E-state index in [2.05, 4.69) is 0 Å². The lowest BCUT2D eigenvalue weighted by molar-refractivity contribution is 0.0827. The lowest BCUT2D eigenvalue weighted by atomic mass is 9.79. The molecule has 3 aromatic carbocycles. The van der Waals surface area contributed by atoms with Crippen LogP contribution in [0.25, 0.3) is 0 Å². The zero-order chi connectivity index (χ0) is 27.5. The second kappa shape index (κ2) is 10.9. The van der Waals surface area contributed by atoms with Crippen LogP contribution >= 0.6 is 0 Å². The van der Waals surface area contributed by atoms with Gasteiger partial charge in [-0.15, -0.1) is 0 Å². The number of aliphatic hydroxyl groups excluding tert-OH is 2. The first-order chi connectivity index (χ1) is 18.8. The Hall–Kier alpha value is -4.73. The fourth-order valence-electron chi connectivity index (χ4n) is 4.55. The van der Waals surface area contributed by atoms with Gasteiger partial charge < -0.3 is 38.8 Å². The van der Waals surface area contributed by atoms with Crippen molar-refractivity contribution < 1.29 is 33.8 Å². The first kappa shape index (κ1) is 25.9. The molecule has 0 saturated carbocycles. The molecule has 39 heavy (non-hydrogen) atoms. The molecule has 0 radical (unpaired) electrons. The Bertz CT molecular complexity index is 1380. The van der Waals surface area contributed by atoms with Crippen molar-refractivity contribution in [3.05, 3.63) is 108 Å². The molecule has 0 fully saturated rings. The molecule has 1 heterocycles. The Morgan fingerprint density at radius 2 is 1.59 bits per heavy atom. The van der Waals surface area contributed by atoms with Gasteiger partial charge in [-0.3, -0.25) is 4.79 Å². The van der Waals surface area contributed by atoms with E-state index in [1.807, 2.05) is 18.2 Å². The van der Waals surface area contributed by atoms with Crippen molar-refractivity contribution in [3.63, 3.8) is 0 Å². The highest BCUT2D eigenvalue weighted by molar-refractivity contribution is 6.61. The Balaban J connectivity index is 1.27. The molecule has 10 heteroatoms. The van der Waals surface area contributed by atoms with Crippen LogP contribution in [0.1, 0.15) is 34.0 Å². The van der Waals surface area contributed by atoms with Gasteiger partial charge in [0.2, 0.25) is 0 Å². The van der Waals surface area contributed by atoms with Crippen LogP contribution in [0.4, 0.5) is 0 Å². The van der Waals surface area contributed by atoms with Crippen LogP contribution in [0, 0.1) is 0 Å². The summed E-state index contributed by atoms with van der Waals surface area (Å²) in [4.78, 5) is 15.1. The maximum absolute atomic E-state index is 12.1. The first-order valence-electron chi connectivity index (χ1n) is 12.5. The molecule has 0 unspecified atom stereocenters. The van der Waals surface area contributed by atoms with Crippen LogP contribution in [0.2, 0.25) is 0 Å². The Labute approximate surface area is 227 Å². The van der Waals surface area contributed by atoms with Crippen molar-refractivity contribution in [2.24, 2.45) is 0 Å². The van der Waals surface area contributed by atoms with Crippen LogP contribution in [-0.2, 0) is 15.7 Å². The highest BCUT2D eigenvalue weighted by Crippen LogP contribution is 2.40. The van der Waals surface area contributed by atoms with Gasteiger partial charge in [-0.1, -0.05) is 24.3 Å². The molecule has 0 spiro atoms. The minimum absolute atomic E-state index is 0.0577. The zero-order valence-electron chi connectivity index (χ0n) is 21.9. The first-order valence-corrected chi connectivity index (χ1v) is 12.5. The van der Waals surface area contributed by atoms with Gasteiger partial charge in [0.05, 0.1) is 12.4 Å². The lowest BCUT2D eigenvalue weighted by Crippen LogP contribution is -2.37. The third-order valence-electron chi connectivity index (χ3n) is 6.42. The molecule has 9 nitrogen and oxygen atoms in total. The van der Waals surface area contributed by atoms with E-state index in [0.717, 1.165) is 29.7 Å². The number of ether oxygens (including phenoxy) is 2. The van der Waals surface area contributed by atoms with Crippen molar-refractivity contribution in [2.75, 3.05) is 21.1 Å². The normalized spacial score (nSPS) is 19.2. The fourth-order valence-corrected chi connectivity index (χ4v) is 4.55. The molecule has 2 N–H and O–H groups in total. The average Bonchev–Trinajstić information content (AvgIpc) is 3.31. The van der Waals surface area contributed by atoms with E-state index in [-0.39, 0.29) is 23.9 Å². The number of hydrogen-bond acceptors (Lipinski definition) is 8. The maximum atomic E-state index is 12.1. The van der Waals surface area contributed by atoms with E-state index in [1.165, 1.54) is 22.2 Å². The van der Waals surface area contributed by atoms with E-state index in [4.69, 9.17) is 18.8 Å². The van der Waals surface area contributed by atoms with Crippen molar-refractivity contribution in [3.8, 4) is 17.2 Å². The molecular formula is C29H29BN2O7. The summed E-state index contributed by atoms with van der Waals surface area (Å²) in [6.07, 6.45) is 4.10. The molecule has 200 valence electrons. The van der Waals surface area contributed by atoms with Gasteiger partial charge in [0.25, 0.3) is 17.8 Å². The van der Waals surface area contributed by atoms with Crippen LogP contribution in [0.5, 0.6) is 17.2 Å². The topological polar surface area (TPSA) is 101 Å². The number of benzene rings is 3. The molecule has 1 amide bonds. The number of aliphatic hydroxyl groups is 2. The van der Waals surface area contributed by atoms with Crippen LogP contribution in [0.15, 0.2) is 91.0 Å². The summed E-state index contributed by atoms with van der Waals surface area (Å²) in [7, 11) is 4.04. The largest absolute Gasteiger partial charge is 0.636 e. The van der Waals surface area contributed by atoms with Gasteiger partial charge in [0.15, 0.2) is 0 Å². The molecule has 3 aromatic rings. The maximum Gasteiger partial charge on any atom is 0.636 e. The van der Waals surface area contributed by atoms with Crippen molar-refractivity contribution in [2.45, 2.75) is 18.9 Å². The lowest BCUT2D eigenvalue weighted by Gasteiger charge is -2.20. The molecule has 1 aliphatic heterocycles. The molecule has 1 atom stereocenters. The highest BCUT2D eigenvalue weighted by Gasteiger charge is 2.31. The van der Waals surface area contributed by atoms with Gasteiger partial charge in [0, 0.05) is 37.7 Å². The minimum atomic E-state index is -1.03. The summed E-state index contributed by atoms with van der Waals surface area (Å²) in [5, 5.41) is 19.9. The Morgan fingerprint density at radius 1 is 0.949 bits per heavy atom. The molecule has 0 saturated heterocycles. The summed E-state index contributed by atoms with van der Waals surface area (Å²) < 4.78 is 23.3. The number of amides is 1. The molecule has 2 aliphatic rings. The third kappa shape index (κ3) is 5.90. The quantitative estimate of drug-likeness (QED) is 0.447. The smallest absolute Gasteiger partial charge is 0.494 e. The highest BCUT2D eigenvalue weighted by atomic mass is 16.7. The summed E-state index contributed by atoms with van der Waals surface area (Å²) in [6.45, 7) is 0. The van der Waals surface area contributed by atoms with Crippen molar-refractivity contribution >= 4 is 18.5 Å². The standard InChI is InChI=1S/C29H29BN2O7/c1-31(2)29(35)19-7-11-21(12-8-19)36-25-6-4-5-23-24(25)15-16-26(23)37-22-13-9-20(10-14-22)30-38-27(33)17-32(3)18-28(34)39-30/h4-14,17-18,26,33-34H,15-16H2,1-3H3/b27-17-,28-18-/t26-/m1/s1. The Morgan fingerprint density at radius 3 is 2.23 bits per heavy atom. The molecule has 1 aliphatic carbocycles. The number of carbonyl (C=O) groups is 1. The van der Waals surface area contributed by atoms with Gasteiger partial charge in [0.1, 0.15) is 23.4 Å². The summed E-state index contributed by atoms with van der Waals surface area (Å²) in [5.41, 5.74) is 3.36. The molecule has 0 aromatic heterocycles. The number of rotatable bonds is 6. The predicted octanol–water partition coefficient (Wildman–Crippen LogP) is 4.63. The average molecular weight is 528 g/mol. The second-order valence-corrected chi connectivity index (χ2v) is 9.53. The number of nitrogens with zero attached hydrogens (tertiary/aromatic N) is 2. The van der Waals surface area contributed by atoms with E-state index in [1.54, 1.807) is 69.7 Å². The third-order valence-corrected chi connectivity index (χ3v) is 6.42. The molecule has 5 rings (SSSR count). The number of carbonyl (C=O) groups excluding carboxylic acids is 1. The number of fused-ring (bicyclic) bond motifs is 1. The SMILES string of the molecule is CN1/C=C(/O)OB(c2ccc(O[C@@H]3CCc4c(Oc5ccc(C(=O)N(C)C)cc5)cccc43)cc2)O/C(O)=C\1. The minimum Gasteiger partial charge on any atom is -0.494 e. The van der Waals surface area contributed by atoms with Crippen LogP contribution in [-0.4, -0.2) is 54.2 Å². The summed E-state index contributed by atoms with van der Waals surface area (Å²) in [5.74, 6) is 1.35. The monoisotopic (exact) mass is 528 g/mol. The van der Waals surface area contributed by atoms with Gasteiger partial charge >= 0.3 is 7.12 Å². The van der Waals surface area contributed by atoms with Gasteiger partial charge in [-0.2, -0.15) is 0 Å². The molecule has 0 bridgehead atoms. The van der Waals surface area contributed by atoms with E-state index < -0.39 is 7.12 Å². The van der Waals surface area contributed by atoms with E-state index in [9.17, 15) is 15.0 Å². The Kier molecular flexibility index (Phi) is 7.27. The van der Waals surface area contributed by atoms with Crippen LogP contribution < -0.4 is 14.9 Å². The van der Waals surface area contributed by atoms with Gasteiger partial charge in [-0.05, 0) is 60.9 Å². The predicted molar refractivity (Wildman–Crippen MR) is 146 cm³/mol. The van der Waals surface area contributed by atoms with Crippen LogP contribution in [0.3, 0.4) is 0 Å². The number of hydrogen-bond donors (Lipinski definition) is 2. The zero-order valence-corrected chi connectivity index (χ0v) is 21.9. The second-order valence-electron chi connectivity index (χ2n) is 9.53. The molecular weight excluding hydrogens is 499 g/mol. The van der Waals surface area contributed by atoms with Crippen molar-refractivity contribution in [1.82, 2.24) is 9.80 Å². The van der Waals surface area contributed by atoms with E-state index >= 15 is 0 Å². The van der Waals surface area contributed by atoms with E-state index in [0.29, 0.717) is 22.5 Å². The summed E-state index contributed by atoms with van der Waals surface area (Å²) >= 11 is 0. The van der Waals surface area contributed by atoms with Gasteiger partial charge in [-0.25, -0.2) is 0 Å².